The topological polar surface area (TPSA) is 9.23 Å². The van der Waals surface area contributed by atoms with Crippen molar-refractivity contribution < 1.29 is 4.12 Å². The summed E-state index contributed by atoms with van der Waals surface area (Å²) in [4.78, 5) is 0. The highest BCUT2D eigenvalue weighted by Gasteiger charge is 2.29. The van der Waals surface area contributed by atoms with Crippen molar-refractivity contribution >= 4 is 25.4 Å². The van der Waals surface area contributed by atoms with Gasteiger partial charge in [0, 0.05) is 8.80 Å². The van der Waals surface area contributed by atoms with E-state index in [-0.39, 0.29) is 8.80 Å². The van der Waals surface area contributed by atoms with Crippen molar-refractivity contribution in [1.82, 2.24) is 0 Å². The van der Waals surface area contributed by atoms with E-state index in [1.807, 2.05) is 0 Å². The standard InChI is InChI=1S/C9H26OSi3/c1-11(2)8-9-13(6,7)10-12(3,4)5/h11H,8-9H2,1-7H3. The van der Waals surface area contributed by atoms with Crippen LogP contribution in [0.1, 0.15) is 0 Å². The molecule has 0 heterocycles. The largest absolute Gasteiger partial charge is 0.456 e. The van der Waals surface area contributed by atoms with Crippen LogP contribution in [0.25, 0.3) is 0 Å². The molecule has 0 atom stereocenters. The van der Waals surface area contributed by atoms with Gasteiger partial charge in [-0.2, -0.15) is 0 Å². The Morgan fingerprint density at radius 2 is 1.46 bits per heavy atom. The summed E-state index contributed by atoms with van der Waals surface area (Å²) in [6.45, 7) is 16.5. The molecule has 0 N–H and O–H groups in total. The zero-order chi connectivity index (χ0) is 10.7. The van der Waals surface area contributed by atoms with Gasteiger partial charge in [-0.1, -0.05) is 19.1 Å². The molecular weight excluding hydrogens is 208 g/mol. The first-order chi connectivity index (χ1) is 5.62. The first-order valence-electron chi connectivity index (χ1n) is 5.32. The van der Waals surface area contributed by atoms with Crippen LogP contribution in [0, 0.1) is 0 Å². The molecule has 0 aliphatic carbocycles. The van der Waals surface area contributed by atoms with Crippen LogP contribution in [0.5, 0.6) is 0 Å². The van der Waals surface area contributed by atoms with Gasteiger partial charge in [-0.05, 0) is 38.8 Å². The minimum absolute atomic E-state index is 0.368. The number of hydrogen-bond donors (Lipinski definition) is 0. The molecule has 0 aliphatic heterocycles. The van der Waals surface area contributed by atoms with Gasteiger partial charge in [0.25, 0.3) is 0 Å². The Kier molecular flexibility index (Phi) is 5.14. The predicted octanol–water partition coefficient (Wildman–Crippen LogP) is 3.53. The molecule has 0 aromatic heterocycles. The molecule has 0 fully saturated rings. The molecular formula is C9H26OSi3. The van der Waals surface area contributed by atoms with Crippen LogP contribution in [0.2, 0.25) is 57.9 Å². The Bertz CT molecular complexity index is 149. The molecule has 0 saturated heterocycles. The third-order valence-corrected chi connectivity index (χ3v) is 10.1. The molecule has 0 spiro atoms. The fourth-order valence-electron chi connectivity index (χ4n) is 1.52. The predicted molar refractivity (Wildman–Crippen MR) is 70.4 cm³/mol. The van der Waals surface area contributed by atoms with Gasteiger partial charge in [0.1, 0.15) is 0 Å². The fourth-order valence-corrected chi connectivity index (χ4v) is 13.6. The van der Waals surface area contributed by atoms with E-state index in [2.05, 4.69) is 45.8 Å². The van der Waals surface area contributed by atoms with E-state index < -0.39 is 16.6 Å². The van der Waals surface area contributed by atoms with E-state index in [1.165, 1.54) is 12.1 Å². The number of rotatable bonds is 5. The van der Waals surface area contributed by atoms with Crippen LogP contribution in [-0.2, 0) is 4.12 Å². The minimum atomic E-state index is -1.31. The minimum Gasteiger partial charge on any atom is -0.456 e. The molecule has 0 bridgehead atoms. The van der Waals surface area contributed by atoms with Gasteiger partial charge in [0.2, 0.25) is 0 Å². The summed E-state index contributed by atoms with van der Waals surface area (Å²) in [6.07, 6.45) is 0. The van der Waals surface area contributed by atoms with Crippen molar-refractivity contribution in [1.29, 1.82) is 0 Å². The van der Waals surface area contributed by atoms with Crippen LogP contribution in [0.4, 0.5) is 0 Å². The van der Waals surface area contributed by atoms with Gasteiger partial charge >= 0.3 is 0 Å². The summed E-state index contributed by atoms with van der Waals surface area (Å²) in [5.41, 5.74) is 0. The maximum Gasteiger partial charge on any atom is 0.173 e. The maximum absolute atomic E-state index is 6.28. The molecule has 1 nitrogen and oxygen atoms in total. The highest BCUT2D eigenvalue weighted by Crippen LogP contribution is 2.20. The molecule has 4 heteroatoms. The molecule has 0 saturated carbocycles. The summed E-state index contributed by atoms with van der Waals surface area (Å²) in [5, 5.41) is 0. The van der Waals surface area contributed by atoms with Gasteiger partial charge in [-0.25, -0.2) is 0 Å². The zero-order valence-electron chi connectivity index (χ0n) is 10.4. The van der Waals surface area contributed by atoms with Crippen LogP contribution in [0.15, 0.2) is 0 Å². The molecule has 0 radical (unpaired) electrons. The summed E-state index contributed by atoms with van der Waals surface area (Å²) in [5.74, 6) is 0. The van der Waals surface area contributed by atoms with Crippen LogP contribution < -0.4 is 0 Å². The quantitative estimate of drug-likeness (QED) is 0.661. The lowest BCUT2D eigenvalue weighted by Gasteiger charge is -2.31. The molecule has 0 aromatic rings. The second kappa shape index (κ2) is 4.91. The Morgan fingerprint density at radius 3 is 1.77 bits per heavy atom. The first-order valence-corrected chi connectivity index (χ1v) is 15.0. The normalized spacial score (nSPS) is 13.8. The lowest BCUT2D eigenvalue weighted by Crippen LogP contribution is -2.42. The molecule has 0 aromatic carbocycles. The molecule has 0 rings (SSSR count). The van der Waals surface area contributed by atoms with Crippen molar-refractivity contribution in [3.63, 3.8) is 0 Å². The van der Waals surface area contributed by atoms with Crippen molar-refractivity contribution in [3.8, 4) is 0 Å². The lowest BCUT2D eigenvalue weighted by molar-refractivity contribution is 0.550. The van der Waals surface area contributed by atoms with Crippen molar-refractivity contribution in [3.05, 3.63) is 0 Å². The maximum atomic E-state index is 6.28. The monoisotopic (exact) mass is 234 g/mol. The van der Waals surface area contributed by atoms with E-state index in [1.54, 1.807) is 0 Å². The van der Waals surface area contributed by atoms with Crippen LogP contribution >= 0.6 is 0 Å². The zero-order valence-corrected chi connectivity index (χ0v) is 13.6. The summed E-state index contributed by atoms with van der Waals surface area (Å²) < 4.78 is 6.28. The third-order valence-electron chi connectivity index (χ3n) is 1.91. The molecule has 80 valence electrons. The smallest absolute Gasteiger partial charge is 0.173 e. The van der Waals surface area contributed by atoms with Gasteiger partial charge in [0.15, 0.2) is 16.6 Å². The van der Waals surface area contributed by atoms with E-state index in [0.717, 1.165) is 0 Å². The van der Waals surface area contributed by atoms with E-state index in [4.69, 9.17) is 4.12 Å². The summed E-state index contributed by atoms with van der Waals surface area (Å²) >= 11 is 0. The average Bonchev–Trinajstić information content (AvgIpc) is 1.78. The Morgan fingerprint density at radius 1 is 1.00 bits per heavy atom. The van der Waals surface area contributed by atoms with E-state index in [0.29, 0.717) is 0 Å². The Hall–Kier alpha value is 0.611. The van der Waals surface area contributed by atoms with Gasteiger partial charge in [-0.15, -0.1) is 0 Å². The van der Waals surface area contributed by atoms with Gasteiger partial charge < -0.3 is 4.12 Å². The Labute approximate surface area is 87.8 Å². The molecule has 0 unspecified atom stereocenters. The highest BCUT2D eigenvalue weighted by molar-refractivity contribution is 6.84. The molecule has 0 aliphatic rings. The fraction of sp³-hybridized carbons (Fsp3) is 1.00. The SMILES string of the molecule is C[SiH](C)CC[Si](C)(C)O[Si](C)(C)C. The third kappa shape index (κ3) is 8.93. The number of hydrogen-bond acceptors (Lipinski definition) is 1. The van der Waals surface area contributed by atoms with Gasteiger partial charge in [0.05, 0.1) is 0 Å². The Balaban J connectivity index is 3.94. The molecule has 13 heavy (non-hydrogen) atoms. The summed E-state index contributed by atoms with van der Waals surface area (Å²) in [6, 6.07) is 2.84. The average molecular weight is 235 g/mol. The van der Waals surface area contributed by atoms with Gasteiger partial charge in [-0.3, -0.25) is 0 Å². The second-order valence-corrected chi connectivity index (χ2v) is 18.3. The van der Waals surface area contributed by atoms with Crippen LogP contribution in [-0.4, -0.2) is 25.4 Å². The summed E-state index contributed by atoms with van der Waals surface area (Å²) in [7, 11) is -2.96. The lowest BCUT2D eigenvalue weighted by atomic mass is 10.9. The second-order valence-electron chi connectivity index (χ2n) is 5.91. The van der Waals surface area contributed by atoms with E-state index >= 15 is 0 Å². The highest BCUT2D eigenvalue weighted by atomic mass is 28.4. The van der Waals surface area contributed by atoms with Crippen LogP contribution in [0.3, 0.4) is 0 Å². The van der Waals surface area contributed by atoms with Crippen molar-refractivity contribution in [2.75, 3.05) is 0 Å². The van der Waals surface area contributed by atoms with Crippen molar-refractivity contribution in [2.24, 2.45) is 0 Å². The molecule has 0 amide bonds. The van der Waals surface area contributed by atoms with Crippen molar-refractivity contribution in [2.45, 2.75) is 57.9 Å². The van der Waals surface area contributed by atoms with E-state index in [9.17, 15) is 0 Å². The first kappa shape index (κ1) is 13.6.